The van der Waals surface area contributed by atoms with Crippen LogP contribution in [-0.4, -0.2) is 71.8 Å². The Bertz CT molecular complexity index is 1300. The smallest absolute Gasteiger partial charge is 0.244 e. The molecule has 0 spiro atoms. The number of nitrogens with two attached hydrogens (primary N) is 2. The van der Waals surface area contributed by atoms with Crippen molar-refractivity contribution in [1.29, 1.82) is 0 Å². The summed E-state index contributed by atoms with van der Waals surface area (Å²) in [5, 5.41) is 5.77. The number of hydrogen-bond acceptors (Lipinski definition) is 8. The summed E-state index contributed by atoms with van der Waals surface area (Å²) in [5.41, 5.74) is 15.7. The van der Waals surface area contributed by atoms with Crippen LogP contribution < -0.4 is 22.1 Å². The van der Waals surface area contributed by atoms with Crippen molar-refractivity contribution in [2.75, 3.05) is 36.8 Å². The first-order valence-electron chi connectivity index (χ1n) is 13.4. The Morgan fingerprint density at radius 2 is 1.07 bits per heavy atom. The lowest BCUT2D eigenvalue weighted by molar-refractivity contribution is -0.117. The van der Waals surface area contributed by atoms with Gasteiger partial charge >= 0.3 is 0 Å². The van der Waals surface area contributed by atoms with E-state index in [0.717, 1.165) is 12.8 Å². The number of benzene rings is 3. The van der Waals surface area contributed by atoms with E-state index in [2.05, 4.69) is 44.9 Å². The number of nitrogens with one attached hydrogen (secondary N) is 2. The third-order valence-electron chi connectivity index (χ3n) is 6.87. The van der Waals surface area contributed by atoms with Gasteiger partial charge in [-0.1, -0.05) is 66.7 Å². The zero-order valence-electron chi connectivity index (χ0n) is 23.2. The van der Waals surface area contributed by atoms with E-state index in [4.69, 9.17) is 11.5 Å². The molecule has 12 heteroatoms. The van der Waals surface area contributed by atoms with Gasteiger partial charge in [-0.05, 0) is 42.2 Å². The predicted molar refractivity (Wildman–Crippen MR) is 179 cm³/mol. The molecule has 5 rings (SSSR count). The van der Waals surface area contributed by atoms with Crippen LogP contribution in [0.15, 0.2) is 94.9 Å². The Morgan fingerprint density at radius 1 is 0.667 bits per heavy atom. The maximum atomic E-state index is 12.8. The molecule has 0 saturated heterocycles. The van der Waals surface area contributed by atoms with Gasteiger partial charge in [-0.25, -0.2) is 9.98 Å². The van der Waals surface area contributed by atoms with Crippen LogP contribution in [0.5, 0.6) is 0 Å². The zero-order valence-corrected chi connectivity index (χ0v) is 25.2. The van der Waals surface area contributed by atoms with E-state index in [1.807, 2.05) is 36.4 Å². The van der Waals surface area contributed by atoms with Crippen LogP contribution in [-0.2, 0) is 22.4 Å². The van der Waals surface area contributed by atoms with Crippen molar-refractivity contribution in [2.24, 2.45) is 21.5 Å². The highest BCUT2D eigenvalue weighted by atomic mass is 32.1. The average Bonchev–Trinajstić information content (AvgIpc) is 3.45. The molecule has 2 amide bonds. The van der Waals surface area contributed by atoms with Crippen molar-refractivity contribution < 1.29 is 9.59 Å². The second-order valence-corrected chi connectivity index (χ2v) is 10.1. The summed E-state index contributed by atoms with van der Waals surface area (Å²) >= 11 is 0. The number of carbonyl (C=O) groups is 2. The van der Waals surface area contributed by atoms with Gasteiger partial charge in [0, 0.05) is 24.5 Å². The van der Waals surface area contributed by atoms with E-state index < -0.39 is 0 Å². The molecule has 0 bridgehead atoms. The van der Waals surface area contributed by atoms with E-state index in [1.165, 1.54) is 11.1 Å². The van der Waals surface area contributed by atoms with Crippen molar-refractivity contribution in [2.45, 2.75) is 24.9 Å². The third-order valence-corrected chi connectivity index (χ3v) is 6.87. The van der Waals surface area contributed by atoms with Crippen LogP contribution >= 0.6 is 27.0 Å². The summed E-state index contributed by atoms with van der Waals surface area (Å²) in [4.78, 5) is 38.1. The molecule has 6 N–H and O–H groups in total. The van der Waals surface area contributed by atoms with Crippen LogP contribution in [0.25, 0.3) is 0 Å². The largest absolute Gasteiger partial charge is 0.370 e. The number of hydrogen-bond donors (Lipinski definition) is 4. The van der Waals surface area contributed by atoms with Gasteiger partial charge < -0.3 is 31.9 Å². The average molecular weight is 607 g/mol. The van der Waals surface area contributed by atoms with Crippen LogP contribution in [0, 0.1) is 0 Å². The zero-order chi connectivity index (χ0) is 27.9. The minimum Gasteiger partial charge on any atom is -0.370 e. The first-order chi connectivity index (χ1) is 19.4. The molecule has 0 saturated carbocycles. The van der Waals surface area contributed by atoms with Crippen LogP contribution in [0.3, 0.4) is 0 Å². The van der Waals surface area contributed by atoms with Crippen molar-refractivity contribution in [1.82, 2.24) is 9.80 Å². The van der Waals surface area contributed by atoms with Gasteiger partial charge in [0.15, 0.2) is 11.9 Å². The van der Waals surface area contributed by atoms with Crippen molar-refractivity contribution in [3.05, 3.63) is 96.1 Å². The fraction of sp³-hybridized carbons (Fsp3) is 0.267. The van der Waals surface area contributed by atoms with E-state index in [0.29, 0.717) is 36.4 Å². The maximum Gasteiger partial charge on any atom is 0.244 e. The molecular weight excluding hydrogens is 569 g/mol. The summed E-state index contributed by atoms with van der Waals surface area (Å²) < 4.78 is 0. The molecule has 0 aromatic heterocycles. The number of aliphatic imine (C=N–C) groups is 2. The highest BCUT2D eigenvalue weighted by Crippen LogP contribution is 2.18. The fourth-order valence-electron chi connectivity index (χ4n) is 5.02. The first kappa shape index (κ1) is 32.4. The Kier molecular flexibility index (Phi) is 11.7. The Hall–Kier alpha value is -4.16. The molecule has 10 nitrogen and oxygen atoms in total. The van der Waals surface area contributed by atoms with Crippen molar-refractivity contribution in [3.8, 4) is 0 Å². The van der Waals surface area contributed by atoms with Crippen molar-refractivity contribution in [3.63, 3.8) is 0 Å². The van der Waals surface area contributed by atoms with Gasteiger partial charge in [-0.2, -0.15) is 27.0 Å². The van der Waals surface area contributed by atoms with E-state index in [9.17, 15) is 9.59 Å². The molecule has 42 heavy (non-hydrogen) atoms. The maximum absolute atomic E-state index is 12.8. The minimum atomic E-state index is -0.215. The molecule has 0 unspecified atom stereocenters. The number of amides is 2. The fourth-order valence-corrected chi connectivity index (χ4v) is 5.02. The molecule has 2 heterocycles. The number of guanidine groups is 2. The first-order valence-corrected chi connectivity index (χ1v) is 13.4. The lowest BCUT2D eigenvalue weighted by Gasteiger charge is -2.19. The second kappa shape index (κ2) is 15.2. The Labute approximate surface area is 260 Å². The third kappa shape index (κ3) is 8.92. The molecule has 0 radical (unpaired) electrons. The molecule has 0 fully saturated rings. The summed E-state index contributed by atoms with van der Waals surface area (Å²) in [6, 6.07) is 27.2. The van der Waals surface area contributed by atoms with Crippen LogP contribution in [0.2, 0.25) is 0 Å². The molecule has 2 aliphatic rings. The summed E-state index contributed by atoms with van der Waals surface area (Å²) in [5.74, 6) is 0.306. The molecule has 0 aliphatic carbocycles. The van der Waals surface area contributed by atoms with Gasteiger partial charge in [0.05, 0.1) is 12.1 Å². The van der Waals surface area contributed by atoms with Gasteiger partial charge in [-0.3, -0.25) is 9.59 Å². The number of rotatable bonds is 10. The lowest BCUT2D eigenvalue weighted by atomic mass is 10.1. The lowest BCUT2D eigenvalue weighted by Crippen LogP contribution is -2.40. The Balaban J connectivity index is 0.00000242. The quantitative estimate of drug-likeness (QED) is 0.279. The van der Waals surface area contributed by atoms with Crippen LogP contribution in [0.1, 0.15) is 11.1 Å². The highest BCUT2D eigenvalue weighted by molar-refractivity contribution is 7.59. The normalized spacial score (nSPS) is 17.4. The summed E-state index contributed by atoms with van der Waals surface area (Å²) in [7, 11) is 0. The van der Waals surface area contributed by atoms with E-state index in [1.54, 1.807) is 34.1 Å². The molecule has 3 aromatic rings. The van der Waals surface area contributed by atoms with E-state index >= 15 is 0 Å². The van der Waals surface area contributed by atoms with Crippen LogP contribution in [0.4, 0.5) is 11.4 Å². The summed E-state index contributed by atoms with van der Waals surface area (Å²) in [6.07, 6.45) is 1.54. The molecule has 2 atom stereocenters. The Morgan fingerprint density at radius 3 is 1.48 bits per heavy atom. The molecule has 3 aromatic carbocycles. The van der Waals surface area contributed by atoms with Gasteiger partial charge in [-0.15, -0.1) is 0 Å². The number of carbonyl (C=O) groups excluding carboxylic acids is 2. The molecule has 222 valence electrons. The minimum absolute atomic E-state index is 0. The molecular formula is C30H38N8O2S2. The second-order valence-electron chi connectivity index (χ2n) is 10.1. The standard InChI is InChI=1S/C30H34N8O2.2H2S/c31-29-35-25(14-21-8-3-1-4-9-21)17-37(29)19-27(39)33-23-12-7-13-24(16-23)34-28(40)20-38-18-26(36-30(38)32)15-22-10-5-2-6-11-22;;/h1-13,16,25-26H,14-15,17-20H2,(H2,31,35)(H2,32,36)(H,33,39)(H,34,40);2*1H2/t25-,26-;;/m0../s1. The topological polar surface area (TPSA) is 141 Å². The van der Waals surface area contributed by atoms with E-state index in [-0.39, 0.29) is 64.0 Å². The number of anilines is 2. The monoisotopic (exact) mass is 606 g/mol. The molecule has 2 aliphatic heterocycles. The summed E-state index contributed by atoms with van der Waals surface area (Å²) in [6.45, 7) is 1.35. The van der Waals surface area contributed by atoms with Gasteiger partial charge in [0.25, 0.3) is 0 Å². The van der Waals surface area contributed by atoms with Crippen molar-refractivity contribution >= 4 is 62.1 Å². The number of nitrogens with zero attached hydrogens (tertiary/aromatic N) is 4. The van der Waals surface area contributed by atoms with Gasteiger partial charge in [0.1, 0.15) is 13.1 Å². The SMILES string of the molecule is NC1=N[C@@H](Cc2ccccc2)CN1CC(=O)Nc1cccc(NC(=O)CN2C[C@H](Cc3ccccc3)N=C2N)c1.S.S. The van der Waals surface area contributed by atoms with Gasteiger partial charge in [0.2, 0.25) is 11.8 Å². The highest BCUT2D eigenvalue weighted by Gasteiger charge is 2.26. The predicted octanol–water partition coefficient (Wildman–Crippen LogP) is 2.27.